The highest BCUT2D eigenvalue weighted by atomic mass is 16.4. The van der Waals surface area contributed by atoms with Gasteiger partial charge in [-0.2, -0.15) is 0 Å². The van der Waals surface area contributed by atoms with Gasteiger partial charge in [0.1, 0.15) is 5.54 Å². The number of benzene rings is 1. The predicted octanol–water partition coefficient (Wildman–Crippen LogP) is 2.04. The van der Waals surface area contributed by atoms with Crippen LogP contribution < -0.4 is 11.1 Å². The third kappa shape index (κ3) is 4.42. The molecule has 1 amide bonds. The Labute approximate surface area is 118 Å². The van der Waals surface area contributed by atoms with Crippen molar-refractivity contribution in [2.24, 2.45) is 0 Å². The topological polar surface area (TPSA) is 92.4 Å². The number of hydrogen-bond donors (Lipinski definition) is 3. The van der Waals surface area contributed by atoms with Crippen LogP contribution in [0.25, 0.3) is 6.08 Å². The standard InChI is InChI=1S/C15H20N2O3/c1-3-9-15(2,14(19)20)17-13(18)8-7-11-5-4-6-12(16)10-11/h4-8,10H,3,9,16H2,1-2H3,(H,17,18)(H,19,20)/b8-7+. The highest BCUT2D eigenvalue weighted by Gasteiger charge is 2.33. The van der Waals surface area contributed by atoms with E-state index in [-0.39, 0.29) is 0 Å². The van der Waals surface area contributed by atoms with E-state index in [2.05, 4.69) is 5.32 Å². The summed E-state index contributed by atoms with van der Waals surface area (Å²) in [7, 11) is 0. The Bertz CT molecular complexity index is 526. The van der Waals surface area contributed by atoms with Gasteiger partial charge in [-0.25, -0.2) is 4.79 Å². The van der Waals surface area contributed by atoms with Gasteiger partial charge in [0, 0.05) is 11.8 Å². The second-order valence-corrected chi connectivity index (χ2v) is 4.88. The lowest BCUT2D eigenvalue weighted by molar-refractivity contribution is -0.146. The van der Waals surface area contributed by atoms with Crippen LogP contribution >= 0.6 is 0 Å². The molecule has 0 fully saturated rings. The quantitative estimate of drug-likeness (QED) is 0.547. The van der Waals surface area contributed by atoms with Crippen molar-refractivity contribution in [3.05, 3.63) is 35.9 Å². The smallest absolute Gasteiger partial charge is 0.329 e. The van der Waals surface area contributed by atoms with Crippen LogP contribution in [0.3, 0.4) is 0 Å². The predicted molar refractivity (Wildman–Crippen MR) is 79.0 cm³/mol. The van der Waals surface area contributed by atoms with Gasteiger partial charge in [0.2, 0.25) is 5.91 Å². The number of nitrogen functional groups attached to an aromatic ring is 1. The molecule has 1 aromatic carbocycles. The number of rotatable bonds is 6. The van der Waals surface area contributed by atoms with Crippen molar-refractivity contribution in [2.75, 3.05) is 5.73 Å². The summed E-state index contributed by atoms with van der Waals surface area (Å²) in [6.45, 7) is 3.38. The largest absolute Gasteiger partial charge is 0.480 e. The van der Waals surface area contributed by atoms with Gasteiger partial charge in [-0.3, -0.25) is 4.79 Å². The zero-order valence-electron chi connectivity index (χ0n) is 11.7. The molecule has 0 aliphatic rings. The van der Waals surface area contributed by atoms with Crippen LogP contribution in [0.5, 0.6) is 0 Å². The van der Waals surface area contributed by atoms with Crippen LogP contribution in [0.2, 0.25) is 0 Å². The number of carboxylic acids is 1. The fraction of sp³-hybridized carbons (Fsp3) is 0.333. The maximum absolute atomic E-state index is 11.8. The Morgan fingerprint density at radius 3 is 2.70 bits per heavy atom. The molecule has 0 saturated carbocycles. The summed E-state index contributed by atoms with van der Waals surface area (Å²) in [5.74, 6) is -1.48. The molecular weight excluding hydrogens is 256 g/mol. The molecule has 108 valence electrons. The molecule has 0 aliphatic heterocycles. The first-order valence-corrected chi connectivity index (χ1v) is 6.46. The maximum atomic E-state index is 11.8. The Balaban J connectivity index is 2.73. The number of hydrogen-bond acceptors (Lipinski definition) is 3. The molecule has 1 rings (SSSR count). The van der Waals surface area contributed by atoms with Crippen molar-refractivity contribution in [3.63, 3.8) is 0 Å². The minimum Gasteiger partial charge on any atom is -0.480 e. The number of anilines is 1. The van der Waals surface area contributed by atoms with E-state index in [0.717, 1.165) is 5.56 Å². The fourth-order valence-electron chi connectivity index (χ4n) is 1.87. The average molecular weight is 276 g/mol. The Hall–Kier alpha value is -2.30. The molecule has 5 heteroatoms. The minimum atomic E-state index is -1.24. The van der Waals surface area contributed by atoms with Gasteiger partial charge in [-0.1, -0.05) is 25.5 Å². The van der Waals surface area contributed by atoms with Gasteiger partial charge in [0.05, 0.1) is 0 Å². The molecule has 0 saturated heterocycles. The van der Waals surface area contributed by atoms with Crippen molar-refractivity contribution in [1.82, 2.24) is 5.32 Å². The summed E-state index contributed by atoms with van der Waals surface area (Å²) in [4.78, 5) is 23.0. The van der Waals surface area contributed by atoms with Crippen molar-refractivity contribution in [1.29, 1.82) is 0 Å². The number of nitrogens with two attached hydrogens (primary N) is 1. The zero-order chi connectivity index (χ0) is 15.2. The van der Waals surface area contributed by atoms with Crippen LogP contribution in [-0.2, 0) is 9.59 Å². The average Bonchev–Trinajstić information content (AvgIpc) is 2.36. The molecule has 0 bridgehead atoms. The third-order valence-electron chi connectivity index (χ3n) is 2.96. The molecular formula is C15H20N2O3. The summed E-state index contributed by atoms with van der Waals surface area (Å²) in [5.41, 5.74) is 5.78. The molecule has 1 aromatic rings. The first-order valence-electron chi connectivity index (χ1n) is 6.46. The Morgan fingerprint density at radius 1 is 1.45 bits per heavy atom. The minimum absolute atomic E-state index is 0.375. The van der Waals surface area contributed by atoms with E-state index in [0.29, 0.717) is 18.5 Å². The summed E-state index contributed by atoms with van der Waals surface area (Å²) in [6, 6.07) is 7.07. The Kier molecular flexibility index (Phi) is 5.32. The molecule has 0 radical (unpaired) electrons. The number of carboxylic acid groups (broad SMARTS) is 1. The van der Waals surface area contributed by atoms with Crippen LogP contribution in [0.15, 0.2) is 30.3 Å². The van der Waals surface area contributed by atoms with E-state index in [1.54, 1.807) is 24.3 Å². The zero-order valence-corrected chi connectivity index (χ0v) is 11.7. The lowest BCUT2D eigenvalue weighted by Gasteiger charge is -2.24. The van der Waals surface area contributed by atoms with Gasteiger partial charge in [-0.15, -0.1) is 0 Å². The monoisotopic (exact) mass is 276 g/mol. The lowest BCUT2D eigenvalue weighted by atomic mass is 9.96. The normalized spacial score (nSPS) is 13.9. The second kappa shape index (κ2) is 6.75. The van der Waals surface area contributed by atoms with Crippen molar-refractivity contribution in [3.8, 4) is 0 Å². The number of aliphatic carboxylic acids is 1. The van der Waals surface area contributed by atoms with Crippen LogP contribution in [0.4, 0.5) is 5.69 Å². The maximum Gasteiger partial charge on any atom is 0.329 e. The molecule has 1 atom stereocenters. The summed E-state index contributed by atoms with van der Waals surface area (Å²) < 4.78 is 0. The summed E-state index contributed by atoms with van der Waals surface area (Å²) in [5, 5.41) is 11.7. The first-order chi connectivity index (χ1) is 9.37. The van der Waals surface area contributed by atoms with Crippen LogP contribution in [-0.4, -0.2) is 22.5 Å². The second-order valence-electron chi connectivity index (χ2n) is 4.88. The van der Waals surface area contributed by atoms with Crippen LogP contribution in [0.1, 0.15) is 32.3 Å². The van der Waals surface area contributed by atoms with E-state index < -0.39 is 17.4 Å². The molecule has 20 heavy (non-hydrogen) atoms. The third-order valence-corrected chi connectivity index (χ3v) is 2.96. The molecule has 0 aliphatic carbocycles. The van der Waals surface area contributed by atoms with Gasteiger partial charge in [-0.05, 0) is 37.1 Å². The summed E-state index contributed by atoms with van der Waals surface area (Å²) in [6.07, 6.45) is 3.95. The first kappa shape index (κ1) is 15.8. The van der Waals surface area contributed by atoms with Crippen molar-refractivity contribution >= 4 is 23.6 Å². The Morgan fingerprint density at radius 2 is 2.15 bits per heavy atom. The number of carbonyl (C=O) groups is 2. The molecule has 0 aromatic heterocycles. The highest BCUT2D eigenvalue weighted by Crippen LogP contribution is 2.13. The van der Waals surface area contributed by atoms with Gasteiger partial charge < -0.3 is 16.2 Å². The van der Waals surface area contributed by atoms with Gasteiger partial charge in [0.25, 0.3) is 0 Å². The summed E-state index contributed by atoms with van der Waals surface area (Å²) >= 11 is 0. The van der Waals surface area contributed by atoms with E-state index in [4.69, 9.17) is 5.73 Å². The molecule has 0 heterocycles. The fourth-order valence-corrected chi connectivity index (χ4v) is 1.87. The molecule has 1 unspecified atom stereocenters. The van der Waals surface area contributed by atoms with E-state index in [1.807, 2.05) is 13.0 Å². The van der Waals surface area contributed by atoms with Crippen molar-refractivity contribution < 1.29 is 14.7 Å². The van der Waals surface area contributed by atoms with E-state index in [9.17, 15) is 14.7 Å². The molecule has 0 spiro atoms. The molecule has 4 N–H and O–H groups in total. The number of carbonyl (C=O) groups excluding carboxylic acids is 1. The van der Waals surface area contributed by atoms with Crippen molar-refractivity contribution in [2.45, 2.75) is 32.2 Å². The lowest BCUT2D eigenvalue weighted by Crippen LogP contribution is -2.51. The van der Waals surface area contributed by atoms with Crippen LogP contribution in [0, 0.1) is 0 Å². The van der Waals surface area contributed by atoms with E-state index in [1.165, 1.54) is 13.0 Å². The SMILES string of the molecule is CCCC(C)(NC(=O)/C=C/c1cccc(N)c1)C(=O)O. The molecule has 5 nitrogen and oxygen atoms in total. The number of nitrogens with one attached hydrogen (secondary N) is 1. The number of amides is 1. The van der Waals surface area contributed by atoms with Gasteiger partial charge in [0.15, 0.2) is 0 Å². The highest BCUT2D eigenvalue weighted by molar-refractivity contribution is 5.95. The van der Waals surface area contributed by atoms with Gasteiger partial charge >= 0.3 is 5.97 Å². The van der Waals surface area contributed by atoms with E-state index >= 15 is 0 Å².